The molecule has 2 aliphatic heterocycles. The van der Waals surface area contributed by atoms with Gasteiger partial charge in [0.25, 0.3) is 5.91 Å². The third-order valence-corrected chi connectivity index (χ3v) is 7.78. The van der Waals surface area contributed by atoms with E-state index in [0.717, 1.165) is 16.6 Å². The number of carboxylic acid groups (broad SMARTS) is 1. The highest BCUT2D eigenvalue weighted by molar-refractivity contribution is 7.92. The van der Waals surface area contributed by atoms with Gasteiger partial charge in [-0.1, -0.05) is 23.8 Å². The van der Waals surface area contributed by atoms with Crippen LogP contribution in [0.25, 0.3) is 0 Å². The van der Waals surface area contributed by atoms with E-state index in [1.54, 1.807) is 32.9 Å². The van der Waals surface area contributed by atoms with Crippen molar-refractivity contribution in [2.75, 3.05) is 13.1 Å². The van der Waals surface area contributed by atoms with Gasteiger partial charge < -0.3 is 15.2 Å². The highest BCUT2D eigenvalue weighted by Gasteiger charge is 2.58. The Hall–Kier alpha value is -2.92. The van der Waals surface area contributed by atoms with E-state index in [1.807, 2.05) is 6.92 Å². The number of rotatable bonds is 6. The molecule has 3 rings (SSSR count). The van der Waals surface area contributed by atoms with Crippen molar-refractivity contribution >= 4 is 27.8 Å². The smallest absolute Gasteiger partial charge is 0.408 e. The van der Waals surface area contributed by atoms with Crippen LogP contribution in [-0.4, -0.2) is 77.5 Å². The number of alkyl carbamates (subject to hydrolysis) is 1. The molecular formula is C22H29N3O7S. The Balaban J connectivity index is 1.93. The monoisotopic (exact) mass is 479 g/mol. The fourth-order valence-electron chi connectivity index (χ4n) is 4.16. The number of benzene rings is 1. The Kier molecular flexibility index (Phi) is 6.58. The van der Waals surface area contributed by atoms with Gasteiger partial charge >= 0.3 is 12.1 Å². The zero-order chi connectivity index (χ0) is 24.7. The van der Waals surface area contributed by atoms with E-state index in [0.29, 0.717) is 0 Å². The molecule has 0 spiro atoms. The lowest BCUT2D eigenvalue weighted by atomic mass is 9.96. The molecule has 2 aliphatic rings. The number of aryl methyl sites for hydroxylation is 1. The van der Waals surface area contributed by atoms with Crippen LogP contribution in [0, 0.1) is 12.8 Å². The number of carbonyl (C=O) groups is 3. The lowest BCUT2D eigenvalue weighted by Crippen LogP contribution is -2.52. The zero-order valence-electron chi connectivity index (χ0n) is 19.0. The van der Waals surface area contributed by atoms with E-state index in [-0.39, 0.29) is 18.0 Å². The number of nitrogens with one attached hydrogen (secondary N) is 1. The molecule has 0 saturated carbocycles. The van der Waals surface area contributed by atoms with Crippen LogP contribution < -0.4 is 5.32 Å². The number of ether oxygens (including phenoxy) is 1. The first-order chi connectivity index (χ1) is 15.3. The predicted molar refractivity (Wildman–Crippen MR) is 119 cm³/mol. The van der Waals surface area contributed by atoms with Crippen molar-refractivity contribution in [3.05, 3.63) is 42.5 Å². The first-order valence-corrected chi connectivity index (χ1v) is 12.0. The number of hydrogen-bond donors (Lipinski definition) is 2. The predicted octanol–water partition coefficient (Wildman–Crippen LogP) is 1.36. The number of amides is 2. The van der Waals surface area contributed by atoms with Gasteiger partial charge in [-0.05, 0) is 39.8 Å². The summed E-state index contributed by atoms with van der Waals surface area (Å²) in [6.45, 7) is 10.3. The second-order valence-electron chi connectivity index (χ2n) is 9.24. The molecule has 0 aromatic heterocycles. The molecule has 4 atom stereocenters. The fourth-order valence-corrected chi connectivity index (χ4v) is 6.04. The number of aliphatic carboxylic acids is 1. The molecule has 2 amide bonds. The standard InChI is InChI=1S/C22H29N3O7S/c1-6-15(20(27)28)18-17(33(30,31)14-9-7-13(2)8-10-14)12-24-11-16(19(26)25(18)24)23-21(29)32-22(3,4)5/h6-10,15-18H,1,11-12H2,2-5H3,(H,23,29)(H,27,28). The number of carboxylic acids is 1. The van der Waals surface area contributed by atoms with Gasteiger partial charge in [0.15, 0.2) is 9.84 Å². The van der Waals surface area contributed by atoms with Gasteiger partial charge in [-0.25, -0.2) is 18.2 Å². The Bertz CT molecular complexity index is 1060. The average Bonchev–Trinajstić information content (AvgIpc) is 3.19. The third-order valence-electron chi connectivity index (χ3n) is 5.62. The molecule has 10 nitrogen and oxygen atoms in total. The number of hydrogen-bond acceptors (Lipinski definition) is 7. The van der Waals surface area contributed by atoms with Crippen molar-refractivity contribution in [2.24, 2.45) is 5.92 Å². The van der Waals surface area contributed by atoms with Gasteiger partial charge in [-0.15, -0.1) is 6.58 Å². The molecule has 2 heterocycles. The van der Waals surface area contributed by atoms with E-state index in [4.69, 9.17) is 4.74 Å². The fraction of sp³-hybridized carbons (Fsp3) is 0.500. The van der Waals surface area contributed by atoms with E-state index in [9.17, 15) is 27.9 Å². The maximum Gasteiger partial charge on any atom is 0.408 e. The number of fused-ring (bicyclic) bond motifs is 1. The molecule has 33 heavy (non-hydrogen) atoms. The van der Waals surface area contributed by atoms with E-state index < -0.39 is 56.7 Å². The van der Waals surface area contributed by atoms with Gasteiger partial charge in [-0.2, -0.15) is 0 Å². The molecule has 0 bridgehead atoms. The number of carbonyl (C=O) groups excluding carboxylic acids is 2. The zero-order valence-corrected chi connectivity index (χ0v) is 19.8. The van der Waals surface area contributed by atoms with Crippen LogP contribution in [0.2, 0.25) is 0 Å². The van der Waals surface area contributed by atoms with E-state index in [2.05, 4.69) is 11.9 Å². The minimum atomic E-state index is -3.98. The summed E-state index contributed by atoms with van der Waals surface area (Å²) in [4.78, 5) is 37.4. The second-order valence-corrected chi connectivity index (χ2v) is 11.4. The molecule has 1 aromatic carbocycles. The molecule has 0 aliphatic carbocycles. The quantitative estimate of drug-likeness (QED) is 0.585. The normalized spacial score (nSPS) is 24.3. The summed E-state index contributed by atoms with van der Waals surface area (Å²) in [5.41, 5.74) is 0.108. The van der Waals surface area contributed by atoms with Gasteiger partial charge in [0, 0.05) is 13.1 Å². The van der Waals surface area contributed by atoms with Crippen LogP contribution in [0.5, 0.6) is 0 Å². The minimum Gasteiger partial charge on any atom is -0.481 e. The van der Waals surface area contributed by atoms with Crippen molar-refractivity contribution in [3.8, 4) is 0 Å². The molecule has 4 unspecified atom stereocenters. The molecule has 0 radical (unpaired) electrons. The van der Waals surface area contributed by atoms with E-state index >= 15 is 0 Å². The lowest BCUT2D eigenvalue weighted by molar-refractivity contribution is -0.147. The largest absolute Gasteiger partial charge is 0.481 e. The van der Waals surface area contributed by atoms with Crippen LogP contribution in [-0.2, 0) is 24.2 Å². The maximum absolute atomic E-state index is 13.5. The molecule has 2 N–H and O–H groups in total. The van der Waals surface area contributed by atoms with Crippen molar-refractivity contribution in [1.82, 2.24) is 15.3 Å². The number of hydrazine groups is 1. The summed E-state index contributed by atoms with van der Waals surface area (Å²) in [5, 5.41) is 13.7. The summed E-state index contributed by atoms with van der Waals surface area (Å²) >= 11 is 0. The van der Waals surface area contributed by atoms with Crippen molar-refractivity contribution in [2.45, 2.75) is 55.5 Å². The number of nitrogens with zero attached hydrogens (tertiary/aromatic N) is 2. The highest BCUT2D eigenvalue weighted by Crippen LogP contribution is 2.37. The summed E-state index contributed by atoms with van der Waals surface area (Å²) < 4.78 is 32.1. The summed E-state index contributed by atoms with van der Waals surface area (Å²) in [6.07, 6.45) is 0.345. The van der Waals surface area contributed by atoms with Crippen LogP contribution in [0.3, 0.4) is 0 Å². The van der Waals surface area contributed by atoms with Gasteiger partial charge in [-0.3, -0.25) is 14.6 Å². The minimum absolute atomic E-state index is 0.00201. The third kappa shape index (κ3) is 4.88. The first-order valence-electron chi connectivity index (χ1n) is 10.5. The molecule has 2 saturated heterocycles. The van der Waals surface area contributed by atoms with Crippen LogP contribution in [0.15, 0.2) is 41.8 Å². The molecular weight excluding hydrogens is 450 g/mol. The highest BCUT2D eigenvalue weighted by atomic mass is 32.2. The topological polar surface area (TPSA) is 133 Å². The molecule has 2 fully saturated rings. The maximum atomic E-state index is 13.5. The van der Waals surface area contributed by atoms with Gasteiger partial charge in [0.2, 0.25) is 0 Å². The average molecular weight is 480 g/mol. The molecule has 1 aromatic rings. The Morgan fingerprint density at radius 2 is 1.85 bits per heavy atom. The van der Waals surface area contributed by atoms with Crippen molar-refractivity contribution < 1.29 is 32.6 Å². The first kappa shape index (κ1) is 24.7. The molecule has 11 heteroatoms. The second kappa shape index (κ2) is 8.79. The van der Waals surface area contributed by atoms with Crippen LogP contribution in [0.4, 0.5) is 4.79 Å². The van der Waals surface area contributed by atoms with Crippen LogP contribution in [0.1, 0.15) is 26.3 Å². The SMILES string of the molecule is C=CC(C(=O)O)C1C(S(=O)(=O)c2ccc(C)cc2)CN2CC(NC(=O)OC(C)(C)C)C(=O)N12. The van der Waals surface area contributed by atoms with Crippen LogP contribution >= 0.6 is 0 Å². The molecule has 180 valence electrons. The number of sulfone groups is 1. The van der Waals surface area contributed by atoms with Crippen molar-refractivity contribution in [1.29, 1.82) is 0 Å². The lowest BCUT2D eigenvalue weighted by Gasteiger charge is -2.30. The summed E-state index contributed by atoms with van der Waals surface area (Å²) in [7, 11) is -3.98. The Morgan fingerprint density at radius 1 is 1.24 bits per heavy atom. The van der Waals surface area contributed by atoms with Gasteiger partial charge in [0.1, 0.15) is 16.9 Å². The Morgan fingerprint density at radius 3 is 2.36 bits per heavy atom. The Labute approximate surface area is 193 Å². The summed E-state index contributed by atoms with van der Waals surface area (Å²) in [5.74, 6) is -3.22. The van der Waals surface area contributed by atoms with E-state index in [1.165, 1.54) is 17.1 Å². The van der Waals surface area contributed by atoms with Gasteiger partial charge in [0.05, 0.1) is 16.9 Å². The van der Waals surface area contributed by atoms with Crippen molar-refractivity contribution in [3.63, 3.8) is 0 Å². The summed E-state index contributed by atoms with van der Waals surface area (Å²) in [6, 6.07) is 4.05.